The molecule has 0 saturated carbocycles. The minimum atomic E-state index is -0.322. The number of hydrogen-bond donors (Lipinski definition) is 0. The summed E-state index contributed by atoms with van der Waals surface area (Å²) in [4.78, 5) is 1.20. The Labute approximate surface area is 174 Å². The summed E-state index contributed by atoms with van der Waals surface area (Å²) >= 11 is 1.72. The second kappa shape index (κ2) is 7.44. The van der Waals surface area contributed by atoms with E-state index in [1.54, 1.807) is 18.4 Å². The molecule has 6 heteroatoms. The van der Waals surface area contributed by atoms with Gasteiger partial charge in [-0.2, -0.15) is 5.10 Å². The first-order valence-electron chi connectivity index (χ1n) is 9.74. The van der Waals surface area contributed by atoms with Crippen LogP contribution in [0.15, 0.2) is 65.1 Å². The first-order valence-corrected chi connectivity index (χ1v) is 10.6. The zero-order valence-electron chi connectivity index (χ0n) is 16.4. The first-order chi connectivity index (χ1) is 14.3. The van der Waals surface area contributed by atoms with Gasteiger partial charge in [-0.15, -0.1) is 11.3 Å². The molecule has 0 fully saturated rings. The van der Waals surface area contributed by atoms with Crippen LogP contribution in [-0.4, -0.2) is 24.4 Å². The number of benzene rings is 2. The first kappa shape index (κ1) is 18.1. The van der Waals surface area contributed by atoms with Gasteiger partial charge in [0.1, 0.15) is 5.75 Å². The summed E-state index contributed by atoms with van der Waals surface area (Å²) in [5.41, 5.74) is 3.25. The highest BCUT2D eigenvalue weighted by molar-refractivity contribution is 7.12. The van der Waals surface area contributed by atoms with Gasteiger partial charge in [0.25, 0.3) is 0 Å². The smallest absolute Gasteiger partial charge is 0.214 e. The Morgan fingerprint density at radius 3 is 2.72 bits per heavy atom. The van der Waals surface area contributed by atoms with E-state index < -0.39 is 0 Å². The van der Waals surface area contributed by atoms with Crippen LogP contribution in [0, 0.1) is 0 Å². The van der Waals surface area contributed by atoms with E-state index in [0.29, 0.717) is 6.61 Å². The summed E-state index contributed by atoms with van der Waals surface area (Å²) < 4.78 is 17.7. The molecule has 2 aliphatic rings. The van der Waals surface area contributed by atoms with Gasteiger partial charge < -0.3 is 14.2 Å². The zero-order chi connectivity index (χ0) is 19.8. The normalized spacial score (nSPS) is 19.8. The number of thiophene rings is 1. The van der Waals surface area contributed by atoms with Crippen molar-refractivity contribution in [2.24, 2.45) is 5.10 Å². The second-order valence-electron chi connectivity index (χ2n) is 6.97. The average molecular weight is 407 g/mol. The van der Waals surface area contributed by atoms with Crippen molar-refractivity contribution in [2.45, 2.75) is 25.6 Å². The number of ether oxygens (including phenoxy) is 3. The van der Waals surface area contributed by atoms with Crippen LogP contribution in [0.1, 0.15) is 41.6 Å². The van der Waals surface area contributed by atoms with Crippen LogP contribution in [0.4, 0.5) is 0 Å². The number of para-hydroxylation sites is 1. The molecule has 0 saturated heterocycles. The average Bonchev–Trinajstić information content (AvgIpc) is 3.44. The number of rotatable bonds is 5. The SMILES string of the molecule is CCOc1cccc2c1O[C@H](c1ccc(OC)cc1)N1N=C(c3cccs3)C[C@@H]21. The molecule has 2 aliphatic heterocycles. The van der Waals surface area contributed by atoms with E-state index in [1.807, 2.05) is 43.3 Å². The van der Waals surface area contributed by atoms with Gasteiger partial charge in [0.15, 0.2) is 11.5 Å². The monoisotopic (exact) mass is 406 g/mol. The Morgan fingerprint density at radius 1 is 1.14 bits per heavy atom. The molecule has 2 atom stereocenters. The van der Waals surface area contributed by atoms with Crippen molar-refractivity contribution in [3.05, 3.63) is 76.0 Å². The lowest BCUT2D eigenvalue weighted by Gasteiger charge is -2.38. The largest absolute Gasteiger partial charge is 0.497 e. The van der Waals surface area contributed by atoms with E-state index in [4.69, 9.17) is 19.3 Å². The van der Waals surface area contributed by atoms with Crippen molar-refractivity contribution >= 4 is 17.0 Å². The molecule has 3 heterocycles. The molecule has 0 aliphatic carbocycles. The van der Waals surface area contributed by atoms with Crippen LogP contribution in [-0.2, 0) is 0 Å². The summed E-state index contributed by atoms with van der Waals surface area (Å²) in [5, 5.41) is 9.17. The molecule has 2 aromatic carbocycles. The maximum Gasteiger partial charge on any atom is 0.214 e. The topological polar surface area (TPSA) is 43.3 Å². The Kier molecular flexibility index (Phi) is 4.64. The van der Waals surface area contributed by atoms with Crippen LogP contribution in [0.25, 0.3) is 0 Å². The predicted molar refractivity (Wildman–Crippen MR) is 114 cm³/mol. The molecule has 0 spiro atoms. The maximum absolute atomic E-state index is 6.51. The Balaban J connectivity index is 1.60. The van der Waals surface area contributed by atoms with Crippen LogP contribution < -0.4 is 14.2 Å². The van der Waals surface area contributed by atoms with E-state index in [1.165, 1.54) is 4.88 Å². The number of nitrogens with zero attached hydrogens (tertiary/aromatic N) is 2. The Morgan fingerprint density at radius 2 is 2.00 bits per heavy atom. The predicted octanol–water partition coefficient (Wildman–Crippen LogP) is 5.40. The quantitative estimate of drug-likeness (QED) is 0.569. The molecule has 0 radical (unpaired) electrons. The molecule has 29 heavy (non-hydrogen) atoms. The molecule has 0 bridgehead atoms. The summed E-state index contributed by atoms with van der Waals surface area (Å²) in [6.45, 7) is 2.58. The van der Waals surface area contributed by atoms with Gasteiger partial charge in [-0.3, -0.25) is 0 Å². The second-order valence-corrected chi connectivity index (χ2v) is 7.92. The van der Waals surface area contributed by atoms with Gasteiger partial charge >= 0.3 is 0 Å². The molecular weight excluding hydrogens is 384 g/mol. The third-order valence-electron chi connectivity index (χ3n) is 5.29. The van der Waals surface area contributed by atoms with E-state index in [0.717, 1.165) is 40.5 Å². The van der Waals surface area contributed by atoms with Crippen LogP contribution >= 0.6 is 11.3 Å². The van der Waals surface area contributed by atoms with E-state index in [9.17, 15) is 0 Å². The third-order valence-corrected chi connectivity index (χ3v) is 6.21. The number of hydrazone groups is 1. The van der Waals surface area contributed by atoms with E-state index in [2.05, 4.69) is 28.6 Å². The zero-order valence-corrected chi connectivity index (χ0v) is 17.2. The fourth-order valence-corrected chi connectivity index (χ4v) is 4.65. The van der Waals surface area contributed by atoms with Gasteiger partial charge in [-0.1, -0.05) is 18.2 Å². The number of methoxy groups -OCH3 is 1. The highest BCUT2D eigenvalue weighted by atomic mass is 32.1. The molecule has 0 amide bonds. The Bertz CT molecular complexity index is 1030. The molecule has 148 valence electrons. The number of fused-ring (bicyclic) bond motifs is 3. The van der Waals surface area contributed by atoms with Crippen LogP contribution in [0.2, 0.25) is 0 Å². The minimum absolute atomic E-state index is 0.114. The lowest BCUT2D eigenvalue weighted by Crippen LogP contribution is -2.33. The summed E-state index contributed by atoms with van der Waals surface area (Å²) in [6, 6.07) is 18.4. The lowest BCUT2D eigenvalue weighted by atomic mass is 9.97. The third kappa shape index (κ3) is 3.13. The van der Waals surface area contributed by atoms with Crippen molar-refractivity contribution < 1.29 is 14.2 Å². The molecule has 1 aromatic heterocycles. The lowest BCUT2D eigenvalue weighted by molar-refractivity contribution is -0.0212. The summed E-state index contributed by atoms with van der Waals surface area (Å²) in [6.07, 6.45) is 0.525. The highest BCUT2D eigenvalue weighted by Gasteiger charge is 2.42. The summed E-state index contributed by atoms with van der Waals surface area (Å²) in [7, 11) is 1.67. The van der Waals surface area contributed by atoms with Gasteiger partial charge in [-0.25, -0.2) is 5.01 Å². The molecule has 3 aromatic rings. The maximum atomic E-state index is 6.51. The van der Waals surface area contributed by atoms with Crippen molar-refractivity contribution in [2.75, 3.05) is 13.7 Å². The van der Waals surface area contributed by atoms with E-state index >= 15 is 0 Å². The Hall–Kier alpha value is -2.99. The molecule has 5 nitrogen and oxygen atoms in total. The van der Waals surface area contributed by atoms with Gasteiger partial charge in [-0.05, 0) is 48.7 Å². The molecule has 5 rings (SSSR count). The highest BCUT2D eigenvalue weighted by Crippen LogP contribution is 2.51. The molecule has 0 unspecified atom stereocenters. The standard InChI is InChI=1S/C23H22N2O3S/c1-3-27-20-7-4-6-17-19-14-18(21-8-5-13-29-21)24-25(19)23(28-22(17)20)15-9-11-16(26-2)12-10-15/h4-13,19,23H,3,14H2,1-2H3/t19-,23+/m0/s1. The van der Waals surface area contributed by atoms with Crippen molar-refractivity contribution in [1.82, 2.24) is 5.01 Å². The van der Waals surface area contributed by atoms with Crippen molar-refractivity contribution in [1.29, 1.82) is 0 Å². The molecular formula is C23H22N2O3S. The number of hydrogen-bond acceptors (Lipinski definition) is 6. The summed E-state index contributed by atoms with van der Waals surface area (Å²) in [5.74, 6) is 2.42. The van der Waals surface area contributed by atoms with Crippen molar-refractivity contribution in [3.63, 3.8) is 0 Å². The van der Waals surface area contributed by atoms with Crippen molar-refractivity contribution in [3.8, 4) is 17.2 Å². The van der Waals surface area contributed by atoms with E-state index in [-0.39, 0.29) is 12.3 Å². The van der Waals surface area contributed by atoms with Gasteiger partial charge in [0.2, 0.25) is 6.23 Å². The van der Waals surface area contributed by atoms with Gasteiger partial charge in [0, 0.05) is 17.5 Å². The minimum Gasteiger partial charge on any atom is -0.497 e. The fraction of sp³-hybridized carbons (Fsp3) is 0.261. The van der Waals surface area contributed by atoms with Crippen LogP contribution in [0.5, 0.6) is 17.2 Å². The van der Waals surface area contributed by atoms with Gasteiger partial charge in [0.05, 0.1) is 30.3 Å². The van der Waals surface area contributed by atoms with Crippen LogP contribution in [0.3, 0.4) is 0 Å². The molecule has 0 N–H and O–H groups in total. The fourth-order valence-electron chi connectivity index (χ4n) is 3.93.